The van der Waals surface area contributed by atoms with Gasteiger partial charge in [-0.2, -0.15) is 0 Å². The first-order valence-electron chi connectivity index (χ1n) is 8.47. The summed E-state index contributed by atoms with van der Waals surface area (Å²) in [7, 11) is 0. The molecule has 0 saturated carbocycles. The quantitative estimate of drug-likeness (QED) is 0.523. The van der Waals surface area contributed by atoms with Crippen molar-refractivity contribution in [1.82, 2.24) is 0 Å². The molecule has 0 aliphatic heterocycles. The highest BCUT2D eigenvalue weighted by Gasteiger charge is 2.21. The second kappa shape index (κ2) is 8.12. The molecule has 1 atom stereocenters. The van der Waals surface area contributed by atoms with Crippen LogP contribution < -0.4 is 5.32 Å². The summed E-state index contributed by atoms with van der Waals surface area (Å²) in [5.41, 5.74) is 0.197. The predicted octanol–water partition coefficient (Wildman–Crippen LogP) is 4.37. The average Bonchev–Trinajstić information content (AvgIpc) is 2.68. The van der Waals surface area contributed by atoms with Crippen LogP contribution in [0.3, 0.4) is 0 Å². The number of amides is 1. The van der Waals surface area contributed by atoms with Crippen molar-refractivity contribution in [3.63, 3.8) is 0 Å². The zero-order valence-electron chi connectivity index (χ0n) is 14.8. The number of esters is 1. The Balaban J connectivity index is 1.65. The molecular weight excluding hydrogens is 371 g/mol. The van der Waals surface area contributed by atoms with Gasteiger partial charge in [0.15, 0.2) is 23.6 Å². The van der Waals surface area contributed by atoms with E-state index in [9.17, 15) is 22.8 Å². The van der Waals surface area contributed by atoms with E-state index in [1.165, 1.54) is 6.92 Å². The Morgan fingerprint density at radius 2 is 1.68 bits per heavy atom. The minimum Gasteiger partial charge on any atom is -0.452 e. The molecule has 4 nitrogen and oxygen atoms in total. The molecule has 3 rings (SSSR count). The molecule has 0 aliphatic rings. The lowest BCUT2D eigenvalue weighted by Gasteiger charge is -2.14. The van der Waals surface area contributed by atoms with Gasteiger partial charge in [0.05, 0.1) is 12.1 Å². The van der Waals surface area contributed by atoms with Crippen LogP contribution in [-0.4, -0.2) is 18.0 Å². The SMILES string of the molecule is C[C@H](OC(=O)Cc1cccc2ccccc12)C(=O)Nc1ccc(F)c(F)c1F. The topological polar surface area (TPSA) is 55.4 Å². The van der Waals surface area contributed by atoms with Gasteiger partial charge in [0.25, 0.3) is 5.91 Å². The third kappa shape index (κ3) is 4.14. The molecule has 3 aromatic carbocycles. The van der Waals surface area contributed by atoms with Crippen LogP contribution in [0.1, 0.15) is 12.5 Å². The minimum absolute atomic E-state index is 0.0570. The van der Waals surface area contributed by atoms with Crippen LogP contribution in [0.2, 0.25) is 0 Å². The van der Waals surface area contributed by atoms with E-state index in [4.69, 9.17) is 4.74 Å². The lowest BCUT2D eigenvalue weighted by atomic mass is 10.0. The van der Waals surface area contributed by atoms with Gasteiger partial charge >= 0.3 is 5.97 Å². The van der Waals surface area contributed by atoms with Gasteiger partial charge < -0.3 is 10.1 Å². The molecule has 7 heteroatoms. The third-order valence-corrected chi connectivity index (χ3v) is 4.19. The first kappa shape index (κ1) is 19.4. The highest BCUT2D eigenvalue weighted by Crippen LogP contribution is 2.21. The van der Waals surface area contributed by atoms with Gasteiger partial charge in [-0.25, -0.2) is 13.2 Å². The fraction of sp³-hybridized carbons (Fsp3) is 0.143. The Morgan fingerprint density at radius 1 is 0.964 bits per heavy atom. The summed E-state index contributed by atoms with van der Waals surface area (Å²) in [6, 6.07) is 14.6. The standard InChI is InChI=1S/C21H16F3NO3/c1-12(21(27)25-17-10-9-16(22)19(23)20(17)24)28-18(26)11-14-7-4-6-13-5-2-3-8-15(13)14/h2-10,12H,11H2,1H3,(H,25,27)/t12-/m0/s1. The minimum atomic E-state index is -1.70. The van der Waals surface area contributed by atoms with Gasteiger partial charge in [0, 0.05) is 0 Å². The fourth-order valence-electron chi connectivity index (χ4n) is 2.75. The number of anilines is 1. The average molecular weight is 387 g/mol. The van der Waals surface area contributed by atoms with Crippen LogP contribution in [0.5, 0.6) is 0 Å². The van der Waals surface area contributed by atoms with Crippen molar-refractivity contribution in [2.75, 3.05) is 5.32 Å². The van der Waals surface area contributed by atoms with E-state index in [1.807, 2.05) is 36.4 Å². The molecule has 3 aromatic rings. The summed E-state index contributed by atoms with van der Waals surface area (Å²) in [6.07, 6.45) is -1.31. The number of hydrogen-bond donors (Lipinski definition) is 1. The zero-order chi connectivity index (χ0) is 20.3. The molecule has 1 amide bonds. The lowest BCUT2D eigenvalue weighted by Crippen LogP contribution is -2.31. The van der Waals surface area contributed by atoms with Crippen LogP contribution in [0.4, 0.5) is 18.9 Å². The molecule has 28 heavy (non-hydrogen) atoms. The summed E-state index contributed by atoms with van der Waals surface area (Å²) in [5, 5.41) is 3.94. The van der Waals surface area contributed by atoms with Crippen LogP contribution in [0.25, 0.3) is 10.8 Å². The molecule has 0 bridgehead atoms. The van der Waals surface area contributed by atoms with Gasteiger partial charge in [-0.1, -0.05) is 42.5 Å². The molecule has 0 aromatic heterocycles. The second-order valence-electron chi connectivity index (χ2n) is 6.16. The number of nitrogens with one attached hydrogen (secondary N) is 1. The molecule has 1 N–H and O–H groups in total. The monoisotopic (exact) mass is 387 g/mol. The summed E-state index contributed by atoms with van der Waals surface area (Å²) in [5.74, 6) is -6.10. The third-order valence-electron chi connectivity index (χ3n) is 4.19. The maximum absolute atomic E-state index is 13.6. The Kier molecular flexibility index (Phi) is 5.63. The predicted molar refractivity (Wildman–Crippen MR) is 98.2 cm³/mol. The molecule has 0 saturated heterocycles. The van der Waals surface area contributed by atoms with Crippen LogP contribution in [-0.2, 0) is 20.7 Å². The summed E-state index contributed by atoms with van der Waals surface area (Å²) in [6.45, 7) is 1.30. The molecule has 0 heterocycles. The van der Waals surface area contributed by atoms with Crippen molar-refractivity contribution >= 4 is 28.3 Å². The fourth-order valence-corrected chi connectivity index (χ4v) is 2.75. The molecular formula is C21H16F3NO3. The Hall–Kier alpha value is -3.35. The maximum atomic E-state index is 13.6. The van der Waals surface area contributed by atoms with Gasteiger partial charge in [0.2, 0.25) is 0 Å². The van der Waals surface area contributed by atoms with E-state index in [2.05, 4.69) is 5.32 Å². The van der Waals surface area contributed by atoms with Crippen molar-refractivity contribution in [2.24, 2.45) is 0 Å². The number of ether oxygens (including phenoxy) is 1. The Bertz CT molecular complexity index is 1050. The molecule has 0 spiro atoms. The zero-order valence-corrected chi connectivity index (χ0v) is 14.8. The van der Waals surface area contributed by atoms with Crippen molar-refractivity contribution in [1.29, 1.82) is 0 Å². The number of rotatable bonds is 5. The maximum Gasteiger partial charge on any atom is 0.311 e. The number of fused-ring (bicyclic) bond motifs is 1. The lowest BCUT2D eigenvalue weighted by molar-refractivity contribution is -0.152. The van der Waals surface area contributed by atoms with E-state index >= 15 is 0 Å². The van der Waals surface area contributed by atoms with Crippen LogP contribution in [0, 0.1) is 17.5 Å². The molecule has 0 fully saturated rings. The Labute approximate surface area is 158 Å². The van der Waals surface area contributed by atoms with Gasteiger partial charge in [-0.15, -0.1) is 0 Å². The number of halogens is 3. The van der Waals surface area contributed by atoms with Crippen molar-refractivity contribution < 1.29 is 27.5 Å². The van der Waals surface area contributed by atoms with Crippen LogP contribution in [0.15, 0.2) is 54.6 Å². The second-order valence-corrected chi connectivity index (χ2v) is 6.16. The van der Waals surface area contributed by atoms with Crippen LogP contribution >= 0.6 is 0 Å². The molecule has 0 unspecified atom stereocenters. The molecule has 144 valence electrons. The number of hydrogen-bond acceptors (Lipinski definition) is 3. The van der Waals surface area contributed by atoms with Gasteiger partial charge in [-0.05, 0) is 35.4 Å². The smallest absolute Gasteiger partial charge is 0.311 e. The first-order valence-corrected chi connectivity index (χ1v) is 8.47. The van der Waals surface area contributed by atoms with E-state index in [-0.39, 0.29) is 6.42 Å². The van der Waals surface area contributed by atoms with Crippen molar-refractivity contribution in [3.05, 3.63) is 77.6 Å². The van der Waals surface area contributed by atoms with E-state index in [0.717, 1.165) is 22.4 Å². The van der Waals surface area contributed by atoms with Gasteiger partial charge in [-0.3, -0.25) is 9.59 Å². The number of benzene rings is 3. The normalized spacial score (nSPS) is 11.9. The summed E-state index contributed by atoms with van der Waals surface area (Å²) in [4.78, 5) is 24.3. The number of carbonyl (C=O) groups excluding carboxylic acids is 2. The molecule has 0 aliphatic carbocycles. The first-order chi connectivity index (χ1) is 13.4. The summed E-state index contributed by atoms with van der Waals surface area (Å²) >= 11 is 0. The van der Waals surface area contributed by atoms with Crippen molar-refractivity contribution in [3.8, 4) is 0 Å². The molecule has 0 radical (unpaired) electrons. The van der Waals surface area contributed by atoms with Gasteiger partial charge in [0.1, 0.15) is 0 Å². The van der Waals surface area contributed by atoms with E-state index in [1.54, 1.807) is 6.07 Å². The largest absolute Gasteiger partial charge is 0.452 e. The van der Waals surface area contributed by atoms with E-state index in [0.29, 0.717) is 6.07 Å². The van der Waals surface area contributed by atoms with Crippen molar-refractivity contribution in [2.45, 2.75) is 19.4 Å². The summed E-state index contributed by atoms with van der Waals surface area (Å²) < 4.78 is 44.9. The van der Waals surface area contributed by atoms with E-state index < -0.39 is 41.1 Å². The number of carbonyl (C=O) groups is 2. The Morgan fingerprint density at radius 3 is 2.46 bits per heavy atom. The highest BCUT2D eigenvalue weighted by atomic mass is 19.2. The highest BCUT2D eigenvalue weighted by molar-refractivity contribution is 5.95.